The Balaban J connectivity index is 1.51. The van der Waals surface area contributed by atoms with Gasteiger partial charge >= 0.3 is 0 Å². The first kappa shape index (κ1) is 19.7. The van der Waals surface area contributed by atoms with Gasteiger partial charge in [-0.2, -0.15) is 0 Å². The lowest BCUT2D eigenvalue weighted by Crippen LogP contribution is -2.56. The molecule has 2 amide bonds. The molecular weight excluding hydrogens is 366 g/mol. The summed E-state index contributed by atoms with van der Waals surface area (Å²) in [6.45, 7) is 8.21. The van der Waals surface area contributed by atoms with Crippen molar-refractivity contribution in [1.29, 1.82) is 0 Å². The van der Waals surface area contributed by atoms with E-state index in [1.54, 1.807) is 4.90 Å². The van der Waals surface area contributed by atoms with Crippen LogP contribution in [-0.4, -0.2) is 75.8 Å². The highest BCUT2D eigenvalue weighted by Crippen LogP contribution is 2.13. The number of carbonyl (C=O) groups is 3. The molecule has 1 N–H and O–H groups in total. The topological polar surface area (TPSA) is 122 Å². The molecule has 150 valence electrons. The number of piperazine rings is 1. The second kappa shape index (κ2) is 7.93. The predicted octanol–water partition coefficient (Wildman–Crippen LogP) is 0.832. The number of Topliss-reactive ketones (excluding diaryl/α,β-unsaturated/α-hetero) is 1. The standard InChI is InChI=1S/C18H23N5O5/c1-12(24)15-8-13(21-28-15)17(26)23-6-4-22(5-7-23)10-18(2,3)20-16(25)14-9-27-11-19-14/h8-9,11H,4-7,10H2,1-3H3,(H,20,25). The Morgan fingerprint density at radius 1 is 1.18 bits per heavy atom. The molecule has 2 aromatic heterocycles. The zero-order valence-corrected chi connectivity index (χ0v) is 16.1. The van der Waals surface area contributed by atoms with Crippen molar-refractivity contribution in [3.8, 4) is 0 Å². The van der Waals surface area contributed by atoms with E-state index >= 15 is 0 Å². The van der Waals surface area contributed by atoms with E-state index in [9.17, 15) is 14.4 Å². The summed E-state index contributed by atoms with van der Waals surface area (Å²) in [6.07, 6.45) is 2.52. The van der Waals surface area contributed by atoms with E-state index in [4.69, 9.17) is 8.94 Å². The van der Waals surface area contributed by atoms with Crippen LogP contribution in [0.2, 0.25) is 0 Å². The van der Waals surface area contributed by atoms with Gasteiger partial charge in [0.05, 0.1) is 0 Å². The summed E-state index contributed by atoms with van der Waals surface area (Å²) in [7, 11) is 0. The molecule has 1 aliphatic rings. The van der Waals surface area contributed by atoms with Crippen LogP contribution >= 0.6 is 0 Å². The number of nitrogens with one attached hydrogen (secondary N) is 1. The fourth-order valence-corrected chi connectivity index (χ4v) is 3.11. The van der Waals surface area contributed by atoms with E-state index in [0.717, 1.165) is 0 Å². The molecule has 1 fully saturated rings. The van der Waals surface area contributed by atoms with Gasteiger partial charge in [-0.3, -0.25) is 19.3 Å². The molecule has 10 nitrogen and oxygen atoms in total. The van der Waals surface area contributed by atoms with Crippen molar-refractivity contribution in [1.82, 2.24) is 25.3 Å². The molecule has 0 aromatic carbocycles. The first-order valence-electron chi connectivity index (χ1n) is 8.95. The van der Waals surface area contributed by atoms with Gasteiger partial charge in [0.1, 0.15) is 6.26 Å². The van der Waals surface area contributed by atoms with E-state index in [1.807, 2.05) is 13.8 Å². The van der Waals surface area contributed by atoms with Crippen LogP contribution < -0.4 is 5.32 Å². The predicted molar refractivity (Wildman–Crippen MR) is 96.9 cm³/mol. The van der Waals surface area contributed by atoms with Gasteiger partial charge in [0, 0.05) is 51.3 Å². The third-order valence-electron chi connectivity index (χ3n) is 4.47. The third-order valence-corrected chi connectivity index (χ3v) is 4.47. The van der Waals surface area contributed by atoms with Crippen LogP contribution in [0.5, 0.6) is 0 Å². The van der Waals surface area contributed by atoms with Crippen molar-refractivity contribution in [2.24, 2.45) is 0 Å². The molecule has 2 aromatic rings. The normalized spacial score (nSPS) is 15.5. The third kappa shape index (κ3) is 4.63. The van der Waals surface area contributed by atoms with Crippen molar-refractivity contribution in [2.75, 3.05) is 32.7 Å². The Kier molecular flexibility index (Phi) is 5.59. The first-order chi connectivity index (χ1) is 13.2. The molecule has 10 heteroatoms. The van der Waals surface area contributed by atoms with E-state index in [0.29, 0.717) is 32.7 Å². The molecule has 1 aliphatic heterocycles. The van der Waals surface area contributed by atoms with Crippen LogP contribution in [0, 0.1) is 0 Å². The van der Waals surface area contributed by atoms with Crippen molar-refractivity contribution >= 4 is 17.6 Å². The Labute approximate surface area is 161 Å². The van der Waals surface area contributed by atoms with Crippen molar-refractivity contribution in [2.45, 2.75) is 26.3 Å². The fourth-order valence-electron chi connectivity index (χ4n) is 3.11. The Hall–Kier alpha value is -3.01. The van der Waals surface area contributed by atoms with Gasteiger partial charge < -0.3 is 19.2 Å². The number of ketones is 1. The molecule has 0 aliphatic carbocycles. The number of nitrogens with zero attached hydrogens (tertiary/aromatic N) is 4. The molecule has 0 saturated carbocycles. The number of aromatic nitrogens is 2. The largest absolute Gasteiger partial charge is 0.451 e. The molecule has 0 bridgehead atoms. The van der Waals surface area contributed by atoms with Gasteiger partial charge in [-0.05, 0) is 13.8 Å². The van der Waals surface area contributed by atoms with E-state index in [-0.39, 0.29) is 34.7 Å². The van der Waals surface area contributed by atoms with Gasteiger partial charge in [-0.1, -0.05) is 5.16 Å². The number of hydrogen-bond acceptors (Lipinski definition) is 8. The minimum atomic E-state index is -0.481. The average molecular weight is 389 g/mol. The van der Waals surface area contributed by atoms with Gasteiger partial charge in [-0.25, -0.2) is 4.98 Å². The minimum Gasteiger partial charge on any atom is -0.451 e. The first-order valence-corrected chi connectivity index (χ1v) is 8.95. The number of carbonyl (C=O) groups excluding carboxylic acids is 3. The van der Waals surface area contributed by atoms with Gasteiger partial charge in [0.25, 0.3) is 11.8 Å². The monoisotopic (exact) mass is 389 g/mol. The molecule has 0 atom stereocenters. The van der Waals surface area contributed by atoms with Gasteiger partial charge in [-0.15, -0.1) is 0 Å². The summed E-state index contributed by atoms with van der Waals surface area (Å²) >= 11 is 0. The van der Waals surface area contributed by atoms with Gasteiger partial charge in [0.15, 0.2) is 23.6 Å². The highest BCUT2D eigenvalue weighted by molar-refractivity contribution is 5.97. The molecular formula is C18H23N5O5. The Bertz CT molecular complexity index is 850. The molecule has 0 spiro atoms. The lowest BCUT2D eigenvalue weighted by Gasteiger charge is -2.38. The number of oxazole rings is 1. The summed E-state index contributed by atoms with van der Waals surface area (Å²) in [5.41, 5.74) is -0.107. The molecule has 0 unspecified atom stereocenters. The Morgan fingerprint density at radius 2 is 1.89 bits per heavy atom. The number of amides is 2. The maximum absolute atomic E-state index is 12.5. The molecule has 3 heterocycles. The second-order valence-electron chi connectivity index (χ2n) is 7.41. The zero-order chi connectivity index (χ0) is 20.3. The maximum atomic E-state index is 12.5. The lowest BCUT2D eigenvalue weighted by molar-refractivity contribution is 0.0588. The van der Waals surface area contributed by atoms with Crippen LogP contribution in [0.25, 0.3) is 0 Å². The molecule has 0 radical (unpaired) electrons. The van der Waals surface area contributed by atoms with Crippen molar-refractivity contribution in [3.05, 3.63) is 35.9 Å². The number of hydrogen-bond donors (Lipinski definition) is 1. The van der Waals surface area contributed by atoms with Crippen LogP contribution in [0.3, 0.4) is 0 Å². The van der Waals surface area contributed by atoms with E-state index in [2.05, 4.69) is 20.4 Å². The molecule has 3 rings (SSSR count). The van der Waals surface area contributed by atoms with Crippen LogP contribution in [-0.2, 0) is 0 Å². The fraction of sp³-hybridized carbons (Fsp3) is 0.500. The summed E-state index contributed by atoms with van der Waals surface area (Å²) in [5.74, 6) is -0.743. The van der Waals surface area contributed by atoms with Crippen molar-refractivity contribution < 1.29 is 23.3 Å². The highest BCUT2D eigenvalue weighted by Gasteiger charge is 2.29. The van der Waals surface area contributed by atoms with E-state index < -0.39 is 5.54 Å². The smallest absolute Gasteiger partial charge is 0.276 e. The quantitative estimate of drug-likeness (QED) is 0.721. The molecule has 28 heavy (non-hydrogen) atoms. The van der Waals surface area contributed by atoms with Crippen LogP contribution in [0.4, 0.5) is 0 Å². The summed E-state index contributed by atoms with van der Waals surface area (Å²) in [4.78, 5) is 43.7. The van der Waals surface area contributed by atoms with Crippen molar-refractivity contribution in [3.63, 3.8) is 0 Å². The zero-order valence-electron chi connectivity index (χ0n) is 16.1. The highest BCUT2D eigenvalue weighted by atomic mass is 16.5. The maximum Gasteiger partial charge on any atom is 0.276 e. The number of rotatable bonds is 6. The Morgan fingerprint density at radius 3 is 2.46 bits per heavy atom. The summed E-state index contributed by atoms with van der Waals surface area (Å²) < 4.78 is 9.72. The average Bonchev–Trinajstić information content (AvgIpc) is 3.33. The van der Waals surface area contributed by atoms with Crippen LogP contribution in [0.1, 0.15) is 52.3 Å². The minimum absolute atomic E-state index is 0.0755. The molecule has 1 saturated heterocycles. The van der Waals surface area contributed by atoms with Gasteiger partial charge in [0.2, 0.25) is 5.76 Å². The summed E-state index contributed by atoms with van der Waals surface area (Å²) in [5, 5.41) is 6.63. The summed E-state index contributed by atoms with van der Waals surface area (Å²) in [6, 6.07) is 1.37. The SMILES string of the molecule is CC(=O)c1cc(C(=O)N2CCN(CC(C)(C)NC(=O)c3cocn3)CC2)no1. The van der Waals surface area contributed by atoms with Crippen LogP contribution in [0.15, 0.2) is 27.7 Å². The lowest BCUT2D eigenvalue weighted by atomic mass is 10.0. The second-order valence-corrected chi connectivity index (χ2v) is 7.41. The van der Waals surface area contributed by atoms with E-state index in [1.165, 1.54) is 25.6 Å².